The third kappa shape index (κ3) is 3.46. The molecule has 0 bridgehead atoms. The number of rotatable bonds is 5. The van der Waals surface area contributed by atoms with Crippen molar-refractivity contribution in [3.05, 3.63) is 59.1 Å². The quantitative estimate of drug-likeness (QED) is 0.884. The van der Waals surface area contributed by atoms with Crippen LogP contribution in [0.2, 0.25) is 5.02 Å². The molecule has 0 saturated heterocycles. The third-order valence-corrected chi connectivity index (χ3v) is 3.97. The molecule has 5 nitrogen and oxygen atoms in total. The second-order valence-electron chi connectivity index (χ2n) is 5.48. The monoisotopic (exact) mass is 330 g/mol. The molecule has 1 aliphatic rings. The first-order valence-electron chi connectivity index (χ1n) is 7.14. The molecule has 0 aromatic heterocycles. The average molecular weight is 331 g/mol. The van der Waals surface area contributed by atoms with Crippen molar-refractivity contribution < 1.29 is 14.3 Å². The van der Waals surface area contributed by atoms with Gasteiger partial charge in [0, 0.05) is 10.6 Å². The summed E-state index contributed by atoms with van der Waals surface area (Å²) in [6.07, 6.45) is 1.16. The zero-order chi connectivity index (χ0) is 16.4. The van der Waals surface area contributed by atoms with Crippen LogP contribution >= 0.6 is 11.6 Å². The van der Waals surface area contributed by atoms with E-state index in [-0.39, 0.29) is 5.91 Å². The van der Waals surface area contributed by atoms with Crippen molar-refractivity contribution in [1.82, 2.24) is 5.32 Å². The number of nitrogens with two attached hydrogens (primary N) is 1. The molecule has 0 radical (unpaired) electrons. The molecule has 3 rings (SSSR count). The van der Waals surface area contributed by atoms with Gasteiger partial charge in [-0.25, -0.2) is 0 Å². The molecule has 0 aliphatic heterocycles. The molecule has 3 N–H and O–H groups in total. The highest BCUT2D eigenvalue weighted by Crippen LogP contribution is 2.35. The molecular weight excluding hydrogens is 316 g/mol. The van der Waals surface area contributed by atoms with E-state index in [9.17, 15) is 9.59 Å². The van der Waals surface area contributed by atoms with Crippen LogP contribution < -0.4 is 15.8 Å². The van der Waals surface area contributed by atoms with Crippen LogP contribution in [0.15, 0.2) is 48.5 Å². The zero-order valence-corrected chi connectivity index (χ0v) is 13.0. The molecule has 1 saturated carbocycles. The van der Waals surface area contributed by atoms with Crippen molar-refractivity contribution in [3.8, 4) is 11.5 Å². The zero-order valence-electron chi connectivity index (χ0n) is 12.2. The van der Waals surface area contributed by atoms with Crippen LogP contribution in [0.3, 0.4) is 0 Å². The summed E-state index contributed by atoms with van der Waals surface area (Å²) < 4.78 is 5.69. The Balaban J connectivity index is 1.73. The standard InChI is InChI=1S/C17H15ClN2O3/c18-12-4-6-13(7-5-12)23-14-3-1-2-11(10-14)15(21)20-17(8-9-17)16(19)22/h1-7,10H,8-9H2,(H2,19,22)(H,20,21). The number of carbonyl (C=O) groups is 2. The van der Waals surface area contributed by atoms with E-state index in [1.54, 1.807) is 48.5 Å². The summed E-state index contributed by atoms with van der Waals surface area (Å²) in [5, 5.41) is 3.31. The first-order chi connectivity index (χ1) is 11.0. The van der Waals surface area contributed by atoms with E-state index in [4.69, 9.17) is 22.1 Å². The molecule has 2 aromatic carbocycles. The molecule has 1 aliphatic carbocycles. The molecule has 23 heavy (non-hydrogen) atoms. The van der Waals surface area contributed by atoms with Gasteiger partial charge in [-0.1, -0.05) is 17.7 Å². The predicted octanol–water partition coefficient (Wildman–Crippen LogP) is 2.88. The Kier molecular flexibility index (Phi) is 3.96. The van der Waals surface area contributed by atoms with Crippen molar-refractivity contribution in [2.24, 2.45) is 5.73 Å². The summed E-state index contributed by atoms with van der Waals surface area (Å²) in [7, 11) is 0. The number of primary amides is 1. The molecule has 0 atom stereocenters. The summed E-state index contributed by atoms with van der Waals surface area (Å²) in [4.78, 5) is 23.6. The molecule has 0 spiro atoms. The normalized spacial score (nSPS) is 14.8. The van der Waals surface area contributed by atoms with Crippen molar-refractivity contribution in [2.75, 3.05) is 0 Å². The van der Waals surface area contributed by atoms with Crippen LogP contribution in [0.4, 0.5) is 0 Å². The maximum Gasteiger partial charge on any atom is 0.252 e. The van der Waals surface area contributed by atoms with Gasteiger partial charge in [-0.3, -0.25) is 9.59 Å². The lowest BCUT2D eigenvalue weighted by Crippen LogP contribution is -2.46. The lowest BCUT2D eigenvalue weighted by molar-refractivity contribution is -0.120. The van der Waals surface area contributed by atoms with Crippen LogP contribution in [0.5, 0.6) is 11.5 Å². The first-order valence-corrected chi connectivity index (χ1v) is 7.52. The predicted molar refractivity (Wildman–Crippen MR) is 86.6 cm³/mol. The smallest absolute Gasteiger partial charge is 0.252 e. The fourth-order valence-corrected chi connectivity index (χ4v) is 2.31. The molecule has 0 heterocycles. The highest BCUT2D eigenvalue weighted by molar-refractivity contribution is 6.30. The number of nitrogens with one attached hydrogen (secondary N) is 1. The Morgan fingerprint density at radius 2 is 1.78 bits per heavy atom. The van der Waals surface area contributed by atoms with Crippen molar-refractivity contribution >= 4 is 23.4 Å². The maximum absolute atomic E-state index is 12.3. The number of benzene rings is 2. The lowest BCUT2D eigenvalue weighted by atomic mass is 10.1. The largest absolute Gasteiger partial charge is 0.457 e. The third-order valence-electron chi connectivity index (χ3n) is 3.72. The van der Waals surface area contributed by atoms with Crippen LogP contribution in [0, 0.1) is 0 Å². The maximum atomic E-state index is 12.3. The fourth-order valence-electron chi connectivity index (χ4n) is 2.19. The summed E-state index contributed by atoms with van der Waals surface area (Å²) in [6, 6.07) is 13.6. The number of ether oxygens (including phenoxy) is 1. The summed E-state index contributed by atoms with van der Waals surface area (Å²) in [5.41, 5.74) is 4.84. The van der Waals surface area contributed by atoms with Gasteiger partial charge in [0.05, 0.1) is 0 Å². The van der Waals surface area contributed by atoms with Gasteiger partial charge in [0.1, 0.15) is 17.0 Å². The van der Waals surface area contributed by atoms with Gasteiger partial charge in [0.25, 0.3) is 5.91 Å². The van der Waals surface area contributed by atoms with E-state index >= 15 is 0 Å². The number of amides is 2. The Hall–Kier alpha value is -2.53. The Morgan fingerprint density at radius 1 is 1.09 bits per heavy atom. The van der Waals surface area contributed by atoms with Gasteiger partial charge in [-0.15, -0.1) is 0 Å². The minimum Gasteiger partial charge on any atom is -0.457 e. The Bertz CT molecular complexity index is 755. The number of hydrogen-bond acceptors (Lipinski definition) is 3. The lowest BCUT2D eigenvalue weighted by Gasteiger charge is -2.14. The van der Waals surface area contributed by atoms with E-state index in [0.29, 0.717) is 34.9 Å². The molecule has 1 fully saturated rings. The van der Waals surface area contributed by atoms with Crippen LogP contribution in [0.25, 0.3) is 0 Å². The second-order valence-corrected chi connectivity index (χ2v) is 5.92. The van der Waals surface area contributed by atoms with Gasteiger partial charge in [0.15, 0.2) is 0 Å². The average Bonchev–Trinajstić information content (AvgIpc) is 3.31. The number of halogens is 1. The van der Waals surface area contributed by atoms with Crippen molar-refractivity contribution in [2.45, 2.75) is 18.4 Å². The molecule has 2 aromatic rings. The van der Waals surface area contributed by atoms with Crippen LogP contribution in [0.1, 0.15) is 23.2 Å². The minimum absolute atomic E-state index is 0.345. The van der Waals surface area contributed by atoms with E-state index in [1.807, 2.05) is 0 Å². The summed E-state index contributed by atoms with van der Waals surface area (Å²) in [6.45, 7) is 0. The van der Waals surface area contributed by atoms with E-state index in [2.05, 4.69) is 5.32 Å². The first kappa shape index (κ1) is 15.4. The molecule has 118 valence electrons. The molecule has 0 unspecified atom stereocenters. The second kappa shape index (κ2) is 5.93. The fraction of sp³-hybridized carbons (Fsp3) is 0.176. The topological polar surface area (TPSA) is 81.4 Å². The van der Waals surface area contributed by atoms with Gasteiger partial charge < -0.3 is 15.8 Å². The van der Waals surface area contributed by atoms with Crippen molar-refractivity contribution in [1.29, 1.82) is 0 Å². The van der Waals surface area contributed by atoms with Gasteiger partial charge >= 0.3 is 0 Å². The SMILES string of the molecule is NC(=O)C1(NC(=O)c2cccc(Oc3ccc(Cl)cc3)c2)CC1. The van der Waals surface area contributed by atoms with E-state index in [1.165, 1.54) is 0 Å². The number of carbonyl (C=O) groups excluding carboxylic acids is 2. The summed E-state index contributed by atoms with van der Waals surface area (Å²) in [5.74, 6) is 0.286. The van der Waals surface area contributed by atoms with Crippen molar-refractivity contribution in [3.63, 3.8) is 0 Å². The van der Waals surface area contributed by atoms with E-state index in [0.717, 1.165) is 0 Å². The highest BCUT2D eigenvalue weighted by atomic mass is 35.5. The summed E-state index contributed by atoms with van der Waals surface area (Å²) >= 11 is 5.83. The molecule has 2 amide bonds. The minimum atomic E-state index is -0.885. The highest BCUT2D eigenvalue weighted by Gasteiger charge is 2.49. The Morgan fingerprint density at radius 3 is 2.39 bits per heavy atom. The van der Waals surface area contributed by atoms with Crippen LogP contribution in [-0.2, 0) is 4.79 Å². The molecule has 6 heteroatoms. The van der Waals surface area contributed by atoms with Gasteiger partial charge in [0.2, 0.25) is 5.91 Å². The van der Waals surface area contributed by atoms with Crippen LogP contribution in [-0.4, -0.2) is 17.4 Å². The number of hydrogen-bond donors (Lipinski definition) is 2. The van der Waals surface area contributed by atoms with Gasteiger partial charge in [-0.2, -0.15) is 0 Å². The van der Waals surface area contributed by atoms with Gasteiger partial charge in [-0.05, 0) is 55.3 Å². The molecular formula is C17H15ClN2O3. The Labute approximate surface area is 138 Å². The van der Waals surface area contributed by atoms with E-state index < -0.39 is 11.4 Å².